The number of nitrogens with zero attached hydrogens (tertiary/aromatic N) is 4. The van der Waals surface area contributed by atoms with Crippen LogP contribution < -0.4 is 5.32 Å². The van der Waals surface area contributed by atoms with Crippen LogP contribution in [0.15, 0.2) is 35.3 Å². The Morgan fingerprint density at radius 3 is 2.79 bits per heavy atom. The number of benzene rings is 1. The fourth-order valence-electron chi connectivity index (χ4n) is 2.81. The zero-order valence-electron chi connectivity index (χ0n) is 12.8. The molecule has 0 saturated carbocycles. The van der Waals surface area contributed by atoms with Crippen LogP contribution in [0.2, 0.25) is 0 Å². The number of anilines is 2. The van der Waals surface area contributed by atoms with Crippen molar-refractivity contribution in [1.29, 1.82) is 0 Å². The molecule has 0 bridgehead atoms. The van der Waals surface area contributed by atoms with E-state index in [0.29, 0.717) is 16.1 Å². The Morgan fingerprint density at radius 2 is 2.04 bits per heavy atom. The summed E-state index contributed by atoms with van der Waals surface area (Å²) in [5, 5.41) is 12.6. The van der Waals surface area contributed by atoms with E-state index in [-0.39, 0.29) is 12.0 Å². The molecular formula is C16H16BrN5O2. The Bertz CT molecular complexity index is 859. The van der Waals surface area contributed by atoms with Crippen molar-refractivity contribution < 1.29 is 9.84 Å². The molecule has 1 saturated heterocycles. The van der Waals surface area contributed by atoms with Crippen LogP contribution in [0, 0.1) is 0 Å². The average molecular weight is 390 g/mol. The molecule has 1 unspecified atom stereocenters. The lowest BCUT2D eigenvalue weighted by Gasteiger charge is -2.23. The number of phenols is 1. The lowest BCUT2D eigenvalue weighted by molar-refractivity contribution is -0.0298. The number of ether oxygens (including phenoxy) is 1. The van der Waals surface area contributed by atoms with E-state index in [1.54, 1.807) is 30.6 Å². The van der Waals surface area contributed by atoms with Gasteiger partial charge in [-0.05, 0) is 59.5 Å². The van der Waals surface area contributed by atoms with Crippen LogP contribution in [0.25, 0.3) is 11.2 Å². The topological polar surface area (TPSA) is 85.1 Å². The fourth-order valence-corrected chi connectivity index (χ4v) is 3.16. The first-order valence-electron chi connectivity index (χ1n) is 7.78. The molecule has 0 aliphatic carbocycles. The van der Waals surface area contributed by atoms with Gasteiger partial charge in [-0.1, -0.05) is 0 Å². The van der Waals surface area contributed by atoms with Crippen LogP contribution in [-0.2, 0) is 4.74 Å². The second-order valence-corrected chi connectivity index (χ2v) is 6.37. The van der Waals surface area contributed by atoms with Crippen LogP contribution in [-0.4, -0.2) is 31.2 Å². The molecule has 1 aliphatic rings. The number of halogens is 1. The van der Waals surface area contributed by atoms with E-state index in [1.165, 1.54) is 0 Å². The molecule has 1 aliphatic heterocycles. The maximum atomic E-state index is 9.40. The number of phenolic OH excluding ortho intramolecular Hbond substituents is 1. The molecule has 24 heavy (non-hydrogen) atoms. The van der Waals surface area contributed by atoms with E-state index in [1.807, 2.05) is 4.57 Å². The SMILES string of the molecule is Oc1ccc(Nc2nc(Br)nc3c2ncn3C2CCCCO2)cc1. The quantitative estimate of drug-likeness (QED) is 0.524. The molecule has 4 rings (SSSR count). The highest BCUT2D eigenvalue weighted by molar-refractivity contribution is 9.10. The molecule has 2 N–H and O–H groups in total. The summed E-state index contributed by atoms with van der Waals surface area (Å²) in [4.78, 5) is 13.3. The molecule has 124 valence electrons. The predicted octanol–water partition coefficient (Wildman–Crippen LogP) is 3.74. The highest BCUT2D eigenvalue weighted by Crippen LogP contribution is 2.30. The molecule has 1 fully saturated rings. The molecular weight excluding hydrogens is 374 g/mol. The molecule has 2 aromatic heterocycles. The van der Waals surface area contributed by atoms with Crippen molar-refractivity contribution >= 4 is 38.6 Å². The standard InChI is InChI=1S/C16H16BrN5O2/c17-16-20-14(19-10-4-6-11(23)7-5-10)13-15(21-16)22(9-18-13)12-3-1-2-8-24-12/h4-7,9,12,23H,1-3,8H2,(H,19,20,21). The Balaban J connectivity index is 1.73. The average Bonchev–Trinajstić information content (AvgIpc) is 3.01. The van der Waals surface area contributed by atoms with Crippen LogP contribution in [0.5, 0.6) is 5.75 Å². The first-order chi connectivity index (χ1) is 11.7. The Labute approximate surface area is 146 Å². The second-order valence-electron chi connectivity index (χ2n) is 5.66. The molecule has 3 heterocycles. The van der Waals surface area contributed by atoms with Gasteiger partial charge in [-0.2, -0.15) is 0 Å². The Hall–Kier alpha value is -2.19. The summed E-state index contributed by atoms with van der Waals surface area (Å²) in [5.74, 6) is 0.820. The van der Waals surface area contributed by atoms with Gasteiger partial charge < -0.3 is 15.2 Å². The molecule has 0 radical (unpaired) electrons. The third-order valence-corrected chi connectivity index (χ3v) is 4.34. The third-order valence-electron chi connectivity index (χ3n) is 3.99. The van der Waals surface area contributed by atoms with E-state index in [0.717, 1.165) is 37.2 Å². The number of imidazole rings is 1. The molecule has 1 atom stereocenters. The van der Waals surface area contributed by atoms with Crippen molar-refractivity contribution in [2.24, 2.45) is 0 Å². The number of rotatable bonds is 3. The van der Waals surface area contributed by atoms with Gasteiger partial charge in [-0.15, -0.1) is 0 Å². The van der Waals surface area contributed by atoms with Crippen LogP contribution in [0.3, 0.4) is 0 Å². The lowest BCUT2D eigenvalue weighted by atomic mass is 10.2. The van der Waals surface area contributed by atoms with Crippen molar-refractivity contribution in [3.05, 3.63) is 35.3 Å². The summed E-state index contributed by atoms with van der Waals surface area (Å²) in [7, 11) is 0. The number of nitrogens with one attached hydrogen (secondary N) is 1. The minimum Gasteiger partial charge on any atom is -0.508 e. The first kappa shape index (κ1) is 15.3. The normalized spacial score (nSPS) is 18.0. The maximum absolute atomic E-state index is 9.40. The highest BCUT2D eigenvalue weighted by Gasteiger charge is 2.21. The zero-order chi connectivity index (χ0) is 16.5. The smallest absolute Gasteiger partial charge is 0.200 e. The summed E-state index contributed by atoms with van der Waals surface area (Å²) >= 11 is 3.37. The molecule has 1 aromatic carbocycles. The summed E-state index contributed by atoms with van der Waals surface area (Å²) in [6.07, 6.45) is 4.90. The number of aromatic hydroxyl groups is 1. The van der Waals surface area contributed by atoms with Gasteiger partial charge in [0, 0.05) is 12.3 Å². The van der Waals surface area contributed by atoms with Gasteiger partial charge in [0.1, 0.15) is 12.0 Å². The van der Waals surface area contributed by atoms with Gasteiger partial charge in [0.25, 0.3) is 0 Å². The fraction of sp³-hybridized carbons (Fsp3) is 0.312. The van der Waals surface area contributed by atoms with Crippen LogP contribution >= 0.6 is 15.9 Å². The first-order valence-corrected chi connectivity index (χ1v) is 8.58. The minimum absolute atomic E-state index is 0.0351. The zero-order valence-corrected chi connectivity index (χ0v) is 14.4. The van der Waals surface area contributed by atoms with Crippen molar-refractivity contribution in [3.63, 3.8) is 0 Å². The number of hydrogen-bond donors (Lipinski definition) is 2. The van der Waals surface area contributed by atoms with Gasteiger partial charge in [0.05, 0.1) is 6.33 Å². The second kappa shape index (κ2) is 6.37. The van der Waals surface area contributed by atoms with Crippen molar-refractivity contribution in [2.45, 2.75) is 25.5 Å². The number of fused-ring (bicyclic) bond motifs is 1. The minimum atomic E-state index is -0.0351. The van der Waals surface area contributed by atoms with Gasteiger partial charge in [0.2, 0.25) is 4.73 Å². The molecule has 0 amide bonds. The van der Waals surface area contributed by atoms with E-state index in [9.17, 15) is 5.11 Å². The largest absolute Gasteiger partial charge is 0.508 e. The Kier molecular flexibility index (Phi) is 4.07. The summed E-state index contributed by atoms with van der Waals surface area (Å²) in [6.45, 7) is 0.759. The van der Waals surface area contributed by atoms with E-state index in [2.05, 4.69) is 36.2 Å². The van der Waals surface area contributed by atoms with Crippen LogP contribution in [0.4, 0.5) is 11.5 Å². The number of hydrogen-bond acceptors (Lipinski definition) is 6. The molecule has 3 aromatic rings. The third kappa shape index (κ3) is 2.94. The summed E-state index contributed by atoms with van der Waals surface area (Å²) < 4.78 is 8.28. The highest BCUT2D eigenvalue weighted by atomic mass is 79.9. The van der Waals surface area contributed by atoms with Crippen molar-refractivity contribution in [2.75, 3.05) is 11.9 Å². The predicted molar refractivity (Wildman–Crippen MR) is 93.3 cm³/mol. The van der Waals surface area contributed by atoms with Crippen molar-refractivity contribution in [1.82, 2.24) is 19.5 Å². The monoisotopic (exact) mass is 389 g/mol. The maximum Gasteiger partial charge on any atom is 0.200 e. The van der Waals surface area contributed by atoms with Gasteiger partial charge in [-0.25, -0.2) is 15.0 Å². The van der Waals surface area contributed by atoms with E-state index in [4.69, 9.17) is 4.74 Å². The Morgan fingerprint density at radius 1 is 1.21 bits per heavy atom. The molecule has 0 spiro atoms. The van der Waals surface area contributed by atoms with Crippen LogP contribution in [0.1, 0.15) is 25.5 Å². The van der Waals surface area contributed by atoms with Gasteiger partial charge in [0.15, 0.2) is 17.0 Å². The molecule has 8 heteroatoms. The van der Waals surface area contributed by atoms with Gasteiger partial charge >= 0.3 is 0 Å². The number of aromatic nitrogens is 4. The summed E-state index contributed by atoms with van der Waals surface area (Å²) in [6, 6.07) is 6.78. The summed E-state index contributed by atoms with van der Waals surface area (Å²) in [5.41, 5.74) is 2.22. The van der Waals surface area contributed by atoms with Gasteiger partial charge in [-0.3, -0.25) is 4.57 Å². The molecule has 7 nitrogen and oxygen atoms in total. The van der Waals surface area contributed by atoms with E-state index >= 15 is 0 Å². The van der Waals surface area contributed by atoms with Crippen molar-refractivity contribution in [3.8, 4) is 5.75 Å². The van der Waals surface area contributed by atoms with E-state index < -0.39 is 0 Å². The lowest BCUT2D eigenvalue weighted by Crippen LogP contribution is -2.17.